The number of carbonyl (C=O) groups excluding carboxylic acids is 1. The van der Waals surface area contributed by atoms with Crippen LogP contribution in [0.15, 0.2) is 18.2 Å². The number of benzene rings is 1. The van der Waals surface area contributed by atoms with Gasteiger partial charge in [-0.3, -0.25) is 14.9 Å². The summed E-state index contributed by atoms with van der Waals surface area (Å²) < 4.78 is 0. The van der Waals surface area contributed by atoms with E-state index in [0.717, 1.165) is 0 Å². The first kappa shape index (κ1) is 15.2. The fourth-order valence-electron chi connectivity index (χ4n) is 2.47. The van der Waals surface area contributed by atoms with Crippen LogP contribution in [0.1, 0.15) is 23.2 Å². The average Bonchev–Trinajstić information content (AvgIpc) is 3.22. The molecule has 1 aromatic carbocycles. The van der Waals surface area contributed by atoms with Gasteiger partial charge < -0.3 is 16.0 Å². The van der Waals surface area contributed by atoms with Crippen LogP contribution in [0.4, 0.5) is 11.4 Å². The number of primary amides is 1. The van der Waals surface area contributed by atoms with Crippen LogP contribution < -0.4 is 11.1 Å². The number of hydrogen-bond donors (Lipinski definition) is 2. The van der Waals surface area contributed by atoms with E-state index in [2.05, 4.69) is 10.2 Å². The van der Waals surface area contributed by atoms with Crippen LogP contribution in [-0.2, 0) is 0 Å². The van der Waals surface area contributed by atoms with Crippen molar-refractivity contribution < 1.29 is 9.72 Å². The zero-order valence-electron chi connectivity index (χ0n) is 12.2. The Morgan fingerprint density at radius 3 is 2.67 bits per heavy atom. The predicted octanol–water partition coefficient (Wildman–Crippen LogP) is 1.45. The van der Waals surface area contributed by atoms with Gasteiger partial charge in [-0.1, -0.05) is 0 Å². The van der Waals surface area contributed by atoms with Gasteiger partial charge in [-0.25, -0.2) is 0 Å². The minimum atomic E-state index is -0.672. The summed E-state index contributed by atoms with van der Waals surface area (Å²) >= 11 is 0. The van der Waals surface area contributed by atoms with E-state index in [0.29, 0.717) is 24.2 Å². The van der Waals surface area contributed by atoms with Gasteiger partial charge in [-0.2, -0.15) is 0 Å². The number of non-ortho nitro benzene ring substituents is 1. The molecular weight excluding hydrogens is 272 g/mol. The molecule has 7 heteroatoms. The number of likely N-dealkylation sites (N-methyl/N-ethyl adjacent to an activating group) is 1. The Bertz CT molecular complexity index is 553. The van der Waals surface area contributed by atoms with E-state index < -0.39 is 10.8 Å². The maximum atomic E-state index is 11.5. The fraction of sp³-hybridized carbons (Fsp3) is 0.500. The van der Waals surface area contributed by atoms with Crippen molar-refractivity contribution >= 4 is 17.3 Å². The molecule has 3 N–H and O–H groups in total. The van der Waals surface area contributed by atoms with E-state index in [1.54, 1.807) is 0 Å². The van der Waals surface area contributed by atoms with Gasteiger partial charge in [-0.05, 0) is 38.9 Å². The van der Waals surface area contributed by atoms with Gasteiger partial charge in [0.15, 0.2) is 0 Å². The van der Waals surface area contributed by atoms with E-state index in [1.807, 2.05) is 14.1 Å². The van der Waals surface area contributed by atoms with Gasteiger partial charge in [-0.15, -0.1) is 0 Å². The molecule has 0 aliphatic heterocycles. The van der Waals surface area contributed by atoms with Crippen molar-refractivity contribution in [2.75, 3.05) is 26.0 Å². The van der Waals surface area contributed by atoms with E-state index in [9.17, 15) is 14.9 Å². The first-order valence-corrected chi connectivity index (χ1v) is 6.88. The molecule has 1 saturated carbocycles. The van der Waals surface area contributed by atoms with Crippen molar-refractivity contribution in [3.05, 3.63) is 33.9 Å². The molecule has 2 rings (SSSR count). The number of hydrogen-bond acceptors (Lipinski definition) is 5. The smallest absolute Gasteiger partial charge is 0.270 e. The molecule has 0 radical (unpaired) electrons. The van der Waals surface area contributed by atoms with Gasteiger partial charge in [0.25, 0.3) is 11.6 Å². The maximum absolute atomic E-state index is 11.5. The lowest BCUT2D eigenvalue weighted by molar-refractivity contribution is -0.384. The Morgan fingerprint density at radius 1 is 1.52 bits per heavy atom. The van der Waals surface area contributed by atoms with Gasteiger partial charge in [0, 0.05) is 30.4 Å². The van der Waals surface area contributed by atoms with E-state index in [1.165, 1.54) is 31.0 Å². The third-order valence-electron chi connectivity index (χ3n) is 3.81. The quantitative estimate of drug-likeness (QED) is 0.585. The highest BCUT2D eigenvalue weighted by Gasteiger charge is 2.32. The molecule has 1 aliphatic carbocycles. The lowest BCUT2D eigenvalue weighted by Gasteiger charge is -2.25. The highest BCUT2D eigenvalue weighted by atomic mass is 16.6. The molecule has 1 aliphatic rings. The van der Waals surface area contributed by atoms with Crippen LogP contribution >= 0.6 is 0 Å². The molecule has 1 fully saturated rings. The van der Waals surface area contributed by atoms with E-state index in [4.69, 9.17) is 5.73 Å². The van der Waals surface area contributed by atoms with Crippen LogP contribution in [0.2, 0.25) is 0 Å². The summed E-state index contributed by atoms with van der Waals surface area (Å²) in [6.07, 6.45) is 2.43. The summed E-state index contributed by atoms with van der Waals surface area (Å²) in [5, 5.41) is 14.0. The molecule has 1 unspecified atom stereocenters. The summed E-state index contributed by atoms with van der Waals surface area (Å²) in [7, 11) is 4.05. The fourth-order valence-corrected chi connectivity index (χ4v) is 2.47. The maximum Gasteiger partial charge on any atom is 0.270 e. The normalized spacial score (nSPS) is 15.8. The third-order valence-corrected chi connectivity index (χ3v) is 3.81. The summed E-state index contributed by atoms with van der Waals surface area (Å²) in [6.45, 7) is 0.676. The third kappa shape index (κ3) is 3.69. The summed E-state index contributed by atoms with van der Waals surface area (Å²) in [5.74, 6) is -0.00315. The molecule has 0 aromatic heterocycles. The van der Waals surface area contributed by atoms with Crippen LogP contribution in [0.25, 0.3) is 0 Å². The Morgan fingerprint density at radius 2 is 2.19 bits per heavy atom. The van der Waals surface area contributed by atoms with Gasteiger partial charge >= 0.3 is 0 Å². The van der Waals surface area contributed by atoms with Crippen molar-refractivity contribution in [1.29, 1.82) is 0 Å². The van der Waals surface area contributed by atoms with Crippen molar-refractivity contribution in [3.8, 4) is 0 Å². The molecule has 1 aromatic rings. The monoisotopic (exact) mass is 292 g/mol. The molecule has 0 spiro atoms. The van der Waals surface area contributed by atoms with Crippen LogP contribution in [0.3, 0.4) is 0 Å². The second kappa shape index (κ2) is 6.09. The number of nitrogens with zero attached hydrogens (tertiary/aromatic N) is 2. The van der Waals surface area contributed by atoms with Crippen molar-refractivity contribution in [2.45, 2.75) is 18.9 Å². The number of amides is 1. The SMILES string of the molecule is CN(C)C(CNc1ccc([N+](=O)[O-])cc1C(N)=O)C1CC1. The van der Waals surface area contributed by atoms with Crippen LogP contribution in [-0.4, -0.2) is 42.4 Å². The molecule has 21 heavy (non-hydrogen) atoms. The van der Waals surface area contributed by atoms with E-state index >= 15 is 0 Å². The Kier molecular flexibility index (Phi) is 4.42. The molecule has 7 nitrogen and oxygen atoms in total. The summed E-state index contributed by atoms with van der Waals surface area (Å²) in [4.78, 5) is 23.9. The zero-order valence-corrected chi connectivity index (χ0v) is 12.2. The number of nitrogens with two attached hydrogens (primary N) is 1. The van der Waals surface area contributed by atoms with E-state index in [-0.39, 0.29) is 11.3 Å². The number of nitro benzene ring substituents is 1. The molecule has 0 bridgehead atoms. The Labute approximate surface area is 123 Å². The average molecular weight is 292 g/mol. The number of nitrogens with one attached hydrogen (secondary N) is 1. The highest BCUT2D eigenvalue weighted by molar-refractivity contribution is 5.99. The molecule has 1 atom stereocenters. The topological polar surface area (TPSA) is 102 Å². The van der Waals surface area contributed by atoms with Gasteiger partial charge in [0.1, 0.15) is 0 Å². The molecular formula is C14H20N4O3. The molecule has 1 amide bonds. The largest absolute Gasteiger partial charge is 0.383 e. The Balaban J connectivity index is 2.15. The number of carbonyl (C=O) groups is 1. The molecule has 114 valence electrons. The minimum Gasteiger partial charge on any atom is -0.383 e. The van der Waals surface area contributed by atoms with Crippen molar-refractivity contribution in [3.63, 3.8) is 0 Å². The molecule has 0 saturated heterocycles. The van der Waals surface area contributed by atoms with Crippen molar-refractivity contribution in [1.82, 2.24) is 4.90 Å². The molecule has 0 heterocycles. The van der Waals surface area contributed by atoms with Gasteiger partial charge in [0.2, 0.25) is 0 Å². The van der Waals surface area contributed by atoms with Crippen LogP contribution in [0.5, 0.6) is 0 Å². The number of rotatable bonds is 7. The Hall–Kier alpha value is -2.15. The van der Waals surface area contributed by atoms with Gasteiger partial charge in [0.05, 0.1) is 10.5 Å². The lowest BCUT2D eigenvalue weighted by atomic mass is 10.1. The second-order valence-electron chi connectivity index (χ2n) is 5.60. The standard InChI is InChI=1S/C14H20N4O3/c1-17(2)13(9-3-4-9)8-16-12-6-5-10(18(20)21)7-11(12)14(15)19/h5-7,9,13,16H,3-4,8H2,1-2H3,(H2,15,19). The lowest BCUT2D eigenvalue weighted by Crippen LogP contribution is -2.36. The second-order valence-corrected chi connectivity index (χ2v) is 5.60. The first-order chi connectivity index (χ1) is 9.90. The summed E-state index contributed by atoms with van der Waals surface area (Å²) in [5.41, 5.74) is 5.86. The van der Waals surface area contributed by atoms with Crippen LogP contribution in [0, 0.1) is 16.0 Å². The number of nitro groups is 1. The summed E-state index contributed by atoms with van der Waals surface area (Å²) in [6, 6.07) is 4.50. The first-order valence-electron chi connectivity index (χ1n) is 6.88. The minimum absolute atomic E-state index is 0.138. The highest BCUT2D eigenvalue weighted by Crippen LogP contribution is 2.35. The number of anilines is 1. The van der Waals surface area contributed by atoms with Crippen molar-refractivity contribution in [2.24, 2.45) is 11.7 Å². The zero-order chi connectivity index (χ0) is 15.6. The predicted molar refractivity (Wildman–Crippen MR) is 80.3 cm³/mol.